The van der Waals surface area contributed by atoms with Gasteiger partial charge >= 0.3 is 5.82 Å². The molecule has 0 amide bonds. The number of rotatable bonds is 6. The van der Waals surface area contributed by atoms with Gasteiger partial charge in [0.1, 0.15) is 12.4 Å². The first-order valence-corrected chi connectivity index (χ1v) is 4.91. The van der Waals surface area contributed by atoms with E-state index < -0.39 is 5.82 Å². The van der Waals surface area contributed by atoms with Gasteiger partial charge in [-0.25, -0.2) is 4.79 Å². The standard InChI is InChI=1S/C10H16O4/c1-3-4-5-6-12-7-9-8(2)13-10(11)14-9/h3-7H2,1-2H3. The summed E-state index contributed by atoms with van der Waals surface area (Å²) >= 11 is 0. The maximum Gasteiger partial charge on any atom is 0.519 e. The lowest BCUT2D eigenvalue weighted by atomic mass is 10.3. The van der Waals surface area contributed by atoms with E-state index in [1.54, 1.807) is 6.92 Å². The second-order valence-electron chi connectivity index (χ2n) is 3.19. The summed E-state index contributed by atoms with van der Waals surface area (Å²) in [6.07, 6.45) is 3.37. The monoisotopic (exact) mass is 200 g/mol. The average Bonchev–Trinajstić information content (AvgIpc) is 2.45. The van der Waals surface area contributed by atoms with Crippen LogP contribution >= 0.6 is 0 Å². The summed E-state index contributed by atoms with van der Waals surface area (Å²) in [6, 6.07) is 0. The van der Waals surface area contributed by atoms with Crippen molar-refractivity contribution in [1.29, 1.82) is 0 Å². The lowest BCUT2D eigenvalue weighted by Crippen LogP contribution is -1.96. The first-order valence-electron chi connectivity index (χ1n) is 4.91. The molecule has 0 N–H and O–H groups in total. The van der Waals surface area contributed by atoms with E-state index in [1.807, 2.05) is 0 Å². The fourth-order valence-corrected chi connectivity index (χ4v) is 1.13. The Kier molecular flexibility index (Phi) is 4.46. The number of hydrogen-bond acceptors (Lipinski definition) is 4. The van der Waals surface area contributed by atoms with Gasteiger partial charge in [-0.2, -0.15) is 0 Å². The third kappa shape index (κ3) is 3.38. The second-order valence-corrected chi connectivity index (χ2v) is 3.19. The Morgan fingerprint density at radius 2 is 2.07 bits per heavy atom. The van der Waals surface area contributed by atoms with Gasteiger partial charge in [0, 0.05) is 6.61 Å². The molecule has 0 aliphatic heterocycles. The van der Waals surface area contributed by atoms with Crippen molar-refractivity contribution in [3.63, 3.8) is 0 Å². The van der Waals surface area contributed by atoms with Gasteiger partial charge in [0.15, 0.2) is 5.76 Å². The van der Waals surface area contributed by atoms with Crippen LogP contribution in [0.4, 0.5) is 0 Å². The summed E-state index contributed by atoms with van der Waals surface area (Å²) in [4.78, 5) is 10.7. The van der Waals surface area contributed by atoms with Crippen molar-refractivity contribution in [3.8, 4) is 0 Å². The Labute approximate surface area is 82.9 Å². The molecule has 0 bridgehead atoms. The lowest BCUT2D eigenvalue weighted by Gasteiger charge is -2.00. The summed E-state index contributed by atoms with van der Waals surface area (Å²) < 4.78 is 14.8. The van der Waals surface area contributed by atoms with Crippen molar-refractivity contribution in [2.24, 2.45) is 0 Å². The predicted octanol–water partition coefficient (Wildman–Crippen LogP) is 2.25. The SMILES string of the molecule is CCCCCOCc1oc(=O)oc1C. The van der Waals surface area contributed by atoms with E-state index in [1.165, 1.54) is 6.42 Å². The maximum atomic E-state index is 10.7. The summed E-state index contributed by atoms with van der Waals surface area (Å²) in [5.41, 5.74) is 0. The Morgan fingerprint density at radius 1 is 1.29 bits per heavy atom. The van der Waals surface area contributed by atoms with Crippen molar-refractivity contribution in [3.05, 3.63) is 22.1 Å². The first-order chi connectivity index (χ1) is 6.74. The van der Waals surface area contributed by atoms with Gasteiger partial charge < -0.3 is 13.6 Å². The Bertz CT molecular complexity index is 310. The molecule has 0 aliphatic rings. The molecule has 1 aromatic rings. The molecule has 80 valence electrons. The molecule has 0 radical (unpaired) electrons. The highest BCUT2D eigenvalue weighted by Crippen LogP contribution is 2.06. The minimum Gasteiger partial charge on any atom is -0.396 e. The molecule has 0 saturated carbocycles. The van der Waals surface area contributed by atoms with Crippen LogP contribution in [0.25, 0.3) is 0 Å². The molecular weight excluding hydrogens is 184 g/mol. The van der Waals surface area contributed by atoms with Crippen LogP contribution in [-0.4, -0.2) is 6.61 Å². The van der Waals surface area contributed by atoms with E-state index in [0.29, 0.717) is 24.7 Å². The quantitative estimate of drug-likeness (QED) is 0.661. The van der Waals surface area contributed by atoms with Crippen molar-refractivity contribution in [2.45, 2.75) is 39.7 Å². The van der Waals surface area contributed by atoms with Gasteiger partial charge in [0.25, 0.3) is 0 Å². The van der Waals surface area contributed by atoms with Crippen LogP contribution in [0.5, 0.6) is 0 Å². The highest BCUT2D eigenvalue weighted by molar-refractivity contribution is 4.98. The van der Waals surface area contributed by atoms with Crippen LogP contribution in [0.15, 0.2) is 13.6 Å². The second kappa shape index (κ2) is 5.65. The third-order valence-corrected chi connectivity index (χ3v) is 1.96. The zero-order valence-electron chi connectivity index (χ0n) is 8.67. The summed E-state index contributed by atoms with van der Waals surface area (Å²) in [5.74, 6) is 0.339. The van der Waals surface area contributed by atoms with E-state index in [0.717, 1.165) is 12.8 Å². The smallest absolute Gasteiger partial charge is 0.396 e. The normalized spacial score (nSPS) is 10.7. The van der Waals surface area contributed by atoms with Gasteiger partial charge in [0.05, 0.1) is 0 Å². The fraction of sp³-hybridized carbons (Fsp3) is 0.700. The van der Waals surface area contributed by atoms with E-state index >= 15 is 0 Å². The molecule has 0 aliphatic carbocycles. The summed E-state index contributed by atoms with van der Waals surface area (Å²) in [5, 5.41) is 0. The van der Waals surface area contributed by atoms with Crippen LogP contribution < -0.4 is 5.82 Å². The minimum absolute atomic E-state index is 0.321. The van der Waals surface area contributed by atoms with E-state index in [-0.39, 0.29) is 0 Å². The minimum atomic E-state index is -0.658. The first kappa shape index (κ1) is 11.0. The molecule has 4 heteroatoms. The number of hydrogen-bond donors (Lipinski definition) is 0. The highest BCUT2D eigenvalue weighted by atomic mass is 16.6. The molecule has 1 aromatic heterocycles. The zero-order chi connectivity index (χ0) is 10.4. The topological polar surface area (TPSA) is 52.6 Å². The molecule has 0 atom stereocenters. The molecule has 0 unspecified atom stereocenters. The molecule has 0 spiro atoms. The molecular formula is C10H16O4. The Balaban J connectivity index is 2.24. The Morgan fingerprint density at radius 3 is 2.64 bits per heavy atom. The van der Waals surface area contributed by atoms with Crippen molar-refractivity contribution >= 4 is 0 Å². The van der Waals surface area contributed by atoms with Gasteiger partial charge in [0.2, 0.25) is 0 Å². The molecule has 0 saturated heterocycles. The Hall–Kier alpha value is -1.03. The predicted molar refractivity (Wildman–Crippen MR) is 51.2 cm³/mol. The van der Waals surface area contributed by atoms with E-state index in [2.05, 4.69) is 6.92 Å². The van der Waals surface area contributed by atoms with Crippen LogP contribution in [-0.2, 0) is 11.3 Å². The molecule has 4 nitrogen and oxygen atoms in total. The number of unbranched alkanes of at least 4 members (excludes halogenated alkanes) is 2. The van der Waals surface area contributed by atoms with Crippen molar-refractivity contribution < 1.29 is 13.6 Å². The van der Waals surface area contributed by atoms with Gasteiger partial charge in [-0.15, -0.1) is 0 Å². The third-order valence-electron chi connectivity index (χ3n) is 1.96. The van der Waals surface area contributed by atoms with Gasteiger partial charge in [-0.05, 0) is 13.3 Å². The molecule has 0 fully saturated rings. The van der Waals surface area contributed by atoms with Crippen LogP contribution in [0.2, 0.25) is 0 Å². The van der Waals surface area contributed by atoms with Crippen molar-refractivity contribution in [2.75, 3.05) is 6.61 Å². The van der Waals surface area contributed by atoms with Gasteiger partial charge in [-0.3, -0.25) is 0 Å². The van der Waals surface area contributed by atoms with Crippen LogP contribution in [0.1, 0.15) is 37.7 Å². The van der Waals surface area contributed by atoms with E-state index in [4.69, 9.17) is 13.6 Å². The number of ether oxygens (including phenoxy) is 1. The molecule has 1 rings (SSSR count). The fourth-order valence-electron chi connectivity index (χ4n) is 1.13. The van der Waals surface area contributed by atoms with Crippen molar-refractivity contribution in [1.82, 2.24) is 0 Å². The van der Waals surface area contributed by atoms with Gasteiger partial charge in [-0.1, -0.05) is 19.8 Å². The highest BCUT2D eigenvalue weighted by Gasteiger charge is 2.07. The van der Waals surface area contributed by atoms with Crippen LogP contribution in [0.3, 0.4) is 0 Å². The summed E-state index contributed by atoms with van der Waals surface area (Å²) in [6.45, 7) is 4.85. The number of aryl methyl sites for hydroxylation is 1. The van der Waals surface area contributed by atoms with E-state index in [9.17, 15) is 4.79 Å². The average molecular weight is 200 g/mol. The largest absolute Gasteiger partial charge is 0.519 e. The molecule has 1 heterocycles. The summed E-state index contributed by atoms with van der Waals surface area (Å²) in [7, 11) is 0. The molecule has 14 heavy (non-hydrogen) atoms. The zero-order valence-corrected chi connectivity index (χ0v) is 8.67. The molecule has 0 aromatic carbocycles. The lowest BCUT2D eigenvalue weighted by molar-refractivity contribution is 0.101. The maximum absolute atomic E-state index is 10.7. The van der Waals surface area contributed by atoms with Crippen LogP contribution in [0, 0.1) is 6.92 Å².